The summed E-state index contributed by atoms with van der Waals surface area (Å²) in [4.78, 5) is 29.5. The Hall–Kier alpha value is -3.59. The van der Waals surface area contributed by atoms with E-state index in [-0.39, 0.29) is 22.8 Å². The fourth-order valence-electron chi connectivity index (χ4n) is 3.09. The van der Waals surface area contributed by atoms with Crippen molar-refractivity contribution in [2.45, 2.75) is 26.9 Å². The molecule has 0 unspecified atom stereocenters. The Morgan fingerprint density at radius 3 is 2.43 bits per heavy atom. The summed E-state index contributed by atoms with van der Waals surface area (Å²) in [6, 6.07) is 12.3. The van der Waals surface area contributed by atoms with Gasteiger partial charge in [0.25, 0.3) is 11.6 Å². The van der Waals surface area contributed by atoms with E-state index in [9.17, 15) is 14.9 Å². The average Bonchev–Trinajstić information content (AvgIpc) is 3.31. The van der Waals surface area contributed by atoms with Crippen LogP contribution < -0.4 is 5.32 Å². The Bertz CT molecular complexity index is 998. The zero-order valence-electron chi connectivity index (χ0n) is 17.0. The van der Waals surface area contributed by atoms with Gasteiger partial charge < -0.3 is 5.32 Å². The molecule has 0 aliphatic rings. The molecule has 0 saturated heterocycles. The molecule has 3 aromatic rings. The number of nitrogens with zero attached hydrogens (tertiary/aromatic N) is 5. The molecule has 0 bridgehead atoms. The molecule has 0 radical (unpaired) electrons. The van der Waals surface area contributed by atoms with Crippen molar-refractivity contribution in [3.05, 3.63) is 81.9 Å². The molecule has 9 heteroatoms. The number of amides is 1. The van der Waals surface area contributed by atoms with Crippen molar-refractivity contribution in [3.8, 4) is 5.69 Å². The zero-order valence-corrected chi connectivity index (χ0v) is 17.0. The lowest BCUT2D eigenvalue weighted by Crippen LogP contribution is -2.23. The SMILES string of the molecule is CCN(CC)Cc1ccc(CNC(=O)c2ccc(-n3cncn3)c([N+](=O)[O-])c2)cc1. The third-order valence-electron chi connectivity index (χ3n) is 4.88. The first kappa shape index (κ1) is 21.1. The quantitative estimate of drug-likeness (QED) is 0.431. The minimum Gasteiger partial charge on any atom is -0.348 e. The number of carbonyl (C=O) groups excluding carboxylic acids is 1. The number of rotatable bonds is 9. The van der Waals surface area contributed by atoms with Gasteiger partial charge in [-0.1, -0.05) is 38.1 Å². The van der Waals surface area contributed by atoms with E-state index in [1.165, 1.54) is 41.1 Å². The molecule has 1 aromatic heterocycles. The first-order valence-corrected chi connectivity index (χ1v) is 9.73. The maximum absolute atomic E-state index is 12.5. The van der Waals surface area contributed by atoms with E-state index in [2.05, 4.69) is 46.3 Å². The van der Waals surface area contributed by atoms with E-state index in [4.69, 9.17) is 0 Å². The first-order chi connectivity index (χ1) is 14.5. The standard InChI is InChI=1S/C21H24N6O3/c1-3-25(4-2)13-17-7-5-16(6-8-17)12-23-21(28)18-9-10-19(20(11-18)27(29)30)26-15-22-14-24-26/h5-11,14-15H,3-4,12-13H2,1-2H3,(H,23,28). The fourth-order valence-corrected chi connectivity index (χ4v) is 3.09. The molecule has 0 aliphatic carbocycles. The number of carbonyl (C=O) groups is 1. The van der Waals surface area contributed by atoms with E-state index in [1.807, 2.05) is 12.1 Å². The molecule has 0 saturated carbocycles. The molecule has 1 amide bonds. The van der Waals surface area contributed by atoms with Crippen molar-refractivity contribution in [1.29, 1.82) is 0 Å². The molecule has 30 heavy (non-hydrogen) atoms. The van der Waals surface area contributed by atoms with Crippen molar-refractivity contribution >= 4 is 11.6 Å². The molecular formula is C21H24N6O3. The van der Waals surface area contributed by atoms with Crippen LogP contribution in [0.25, 0.3) is 5.69 Å². The van der Waals surface area contributed by atoms with E-state index in [1.54, 1.807) is 0 Å². The second-order valence-corrected chi connectivity index (χ2v) is 6.76. The number of nitro groups is 1. The summed E-state index contributed by atoms with van der Waals surface area (Å²) < 4.78 is 1.29. The van der Waals surface area contributed by atoms with Crippen molar-refractivity contribution in [2.24, 2.45) is 0 Å². The number of hydrogen-bond donors (Lipinski definition) is 1. The molecule has 0 aliphatic heterocycles. The van der Waals surface area contributed by atoms with Crippen LogP contribution in [0.4, 0.5) is 5.69 Å². The topological polar surface area (TPSA) is 106 Å². The fraction of sp³-hybridized carbons (Fsp3) is 0.286. The Kier molecular flexibility index (Phi) is 6.87. The third kappa shape index (κ3) is 5.06. The van der Waals surface area contributed by atoms with Crippen molar-refractivity contribution in [1.82, 2.24) is 25.0 Å². The van der Waals surface area contributed by atoms with Gasteiger partial charge in [-0.15, -0.1) is 0 Å². The second kappa shape index (κ2) is 9.75. The van der Waals surface area contributed by atoms with Gasteiger partial charge in [0, 0.05) is 24.7 Å². The summed E-state index contributed by atoms with van der Waals surface area (Å²) in [6.45, 7) is 7.49. The van der Waals surface area contributed by atoms with Gasteiger partial charge in [0.1, 0.15) is 18.3 Å². The Morgan fingerprint density at radius 1 is 1.13 bits per heavy atom. The number of benzene rings is 2. The van der Waals surface area contributed by atoms with Crippen LogP contribution in [0.15, 0.2) is 55.1 Å². The van der Waals surface area contributed by atoms with Gasteiger partial charge >= 0.3 is 0 Å². The highest BCUT2D eigenvalue weighted by Crippen LogP contribution is 2.23. The number of nitrogens with one attached hydrogen (secondary N) is 1. The molecule has 156 valence electrons. The molecular weight excluding hydrogens is 384 g/mol. The maximum Gasteiger partial charge on any atom is 0.295 e. The molecule has 0 spiro atoms. The zero-order chi connectivity index (χ0) is 21.5. The van der Waals surface area contributed by atoms with Crippen LogP contribution in [0.1, 0.15) is 35.3 Å². The van der Waals surface area contributed by atoms with Crippen LogP contribution in [-0.4, -0.2) is 43.6 Å². The van der Waals surface area contributed by atoms with Crippen LogP contribution in [-0.2, 0) is 13.1 Å². The lowest BCUT2D eigenvalue weighted by Gasteiger charge is -2.18. The van der Waals surface area contributed by atoms with Gasteiger partial charge in [-0.25, -0.2) is 9.67 Å². The van der Waals surface area contributed by atoms with E-state index < -0.39 is 4.92 Å². The third-order valence-corrected chi connectivity index (χ3v) is 4.88. The molecule has 0 atom stereocenters. The average molecular weight is 408 g/mol. The Balaban J connectivity index is 1.66. The highest BCUT2D eigenvalue weighted by Gasteiger charge is 2.19. The summed E-state index contributed by atoms with van der Waals surface area (Å²) >= 11 is 0. The normalized spacial score (nSPS) is 10.9. The smallest absolute Gasteiger partial charge is 0.295 e. The molecule has 1 N–H and O–H groups in total. The second-order valence-electron chi connectivity index (χ2n) is 6.76. The molecule has 1 heterocycles. The first-order valence-electron chi connectivity index (χ1n) is 9.73. The number of nitro benzene ring substituents is 1. The Labute approximate surface area is 174 Å². The highest BCUT2D eigenvalue weighted by molar-refractivity contribution is 5.95. The van der Waals surface area contributed by atoms with Crippen molar-refractivity contribution in [3.63, 3.8) is 0 Å². The molecule has 3 rings (SSSR count). The van der Waals surface area contributed by atoms with Crippen LogP contribution in [0.3, 0.4) is 0 Å². The van der Waals surface area contributed by atoms with Gasteiger partial charge in [-0.2, -0.15) is 5.10 Å². The van der Waals surface area contributed by atoms with Gasteiger partial charge in [-0.3, -0.25) is 19.8 Å². The minimum absolute atomic E-state index is 0.212. The predicted octanol–water partition coefficient (Wildman–Crippen LogP) is 2.95. The van der Waals surface area contributed by atoms with Crippen LogP contribution in [0.2, 0.25) is 0 Å². The van der Waals surface area contributed by atoms with Crippen LogP contribution in [0, 0.1) is 10.1 Å². The number of hydrogen-bond acceptors (Lipinski definition) is 6. The van der Waals surface area contributed by atoms with Gasteiger partial charge in [0.15, 0.2) is 0 Å². The van der Waals surface area contributed by atoms with Crippen LogP contribution >= 0.6 is 0 Å². The monoisotopic (exact) mass is 408 g/mol. The summed E-state index contributed by atoms with van der Waals surface area (Å²) in [6.07, 6.45) is 2.66. The molecule has 2 aromatic carbocycles. The van der Waals surface area contributed by atoms with Crippen molar-refractivity contribution < 1.29 is 9.72 Å². The molecule has 0 fully saturated rings. The van der Waals surface area contributed by atoms with E-state index in [0.29, 0.717) is 6.54 Å². The highest BCUT2D eigenvalue weighted by atomic mass is 16.6. The maximum atomic E-state index is 12.5. The summed E-state index contributed by atoms with van der Waals surface area (Å²) in [5, 5.41) is 18.2. The lowest BCUT2D eigenvalue weighted by molar-refractivity contribution is -0.384. The van der Waals surface area contributed by atoms with Gasteiger partial charge in [-0.05, 0) is 36.3 Å². The van der Waals surface area contributed by atoms with E-state index >= 15 is 0 Å². The summed E-state index contributed by atoms with van der Waals surface area (Å²) in [5.74, 6) is -0.379. The largest absolute Gasteiger partial charge is 0.348 e. The Morgan fingerprint density at radius 2 is 1.83 bits per heavy atom. The van der Waals surface area contributed by atoms with Crippen molar-refractivity contribution in [2.75, 3.05) is 13.1 Å². The van der Waals surface area contributed by atoms with E-state index in [0.717, 1.165) is 25.2 Å². The lowest BCUT2D eigenvalue weighted by atomic mass is 10.1. The summed E-state index contributed by atoms with van der Waals surface area (Å²) in [7, 11) is 0. The van der Waals surface area contributed by atoms with Gasteiger partial charge in [0.05, 0.1) is 4.92 Å². The van der Waals surface area contributed by atoms with Crippen LogP contribution in [0.5, 0.6) is 0 Å². The summed E-state index contributed by atoms with van der Waals surface area (Å²) in [5.41, 5.74) is 2.42. The minimum atomic E-state index is -0.539. The van der Waals surface area contributed by atoms with Gasteiger partial charge in [0.2, 0.25) is 0 Å². The number of aromatic nitrogens is 3. The predicted molar refractivity (Wildman–Crippen MR) is 112 cm³/mol. The molecule has 9 nitrogen and oxygen atoms in total.